The zero-order valence-electron chi connectivity index (χ0n) is 13.9. The van der Waals surface area contributed by atoms with Gasteiger partial charge in [-0.05, 0) is 40.3 Å². The summed E-state index contributed by atoms with van der Waals surface area (Å²) in [6, 6.07) is 16.7. The third-order valence-corrected chi connectivity index (χ3v) is 5.16. The molecule has 0 bridgehead atoms. The van der Waals surface area contributed by atoms with E-state index in [1.165, 1.54) is 0 Å². The number of rotatable bonds is 4. The molecule has 3 rings (SSSR count). The first-order valence-corrected chi connectivity index (χ1v) is 9.29. The molecule has 1 aliphatic heterocycles. The van der Waals surface area contributed by atoms with Gasteiger partial charge in [-0.1, -0.05) is 42.5 Å². The number of benzene rings is 2. The van der Waals surface area contributed by atoms with Crippen LogP contribution >= 0.6 is 22.6 Å². The summed E-state index contributed by atoms with van der Waals surface area (Å²) < 4.78 is 0.793. The largest absolute Gasteiger partial charge is 0.338 e. The molecule has 134 valence electrons. The van der Waals surface area contributed by atoms with Crippen molar-refractivity contribution in [2.24, 2.45) is 5.92 Å². The Morgan fingerprint density at radius 1 is 1.04 bits per heavy atom. The van der Waals surface area contributed by atoms with Crippen LogP contribution in [0.1, 0.15) is 22.3 Å². The van der Waals surface area contributed by atoms with Crippen LogP contribution in [0.5, 0.6) is 0 Å². The van der Waals surface area contributed by atoms with Crippen LogP contribution in [-0.2, 0) is 16.1 Å². The monoisotopic (exact) mass is 463 g/mol. The topological polar surface area (TPSA) is 78.5 Å². The number of halogens is 1. The fourth-order valence-electron chi connectivity index (χ4n) is 2.84. The second kappa shape index (κ2) is 8.31. The van der Waals surface area contributed by atoms with E-state index in [2.05, 4.69) is 33.4 Å². The van der Waals surface area contributed by atoms with E-state index in [1.807, 2.05) is 42.5 Å². The maximum absolute atomic E-state index is 12.3. The smallest absolute Gasteiger partial charge is 0.270 e. The number of nitrogens with zero attached hydrogens (tertiary/aromatic N) is 1. The molecule has 2 N–H and O–H groups in total. The normalized spacial score (nSPS) is 16.4. The molecule has 7 heteroatoms. The first kappa shape index (κ1) is 18.4. The molecule has 1 unspecified atom stereocenters. The molecule has 26 heavy (non-hydrogen) atoms. The molecule has 2 aromatic rings. The predicted molar refractivity (Wildman–Crippen MR) is 105 cm³/mol. The van der Waals surface area contributed by atoms with Gasteiger partial charge in [-0.15, -0.1) is 0 Å². The molecule has 1 saturated heterocycles. The van der Waals surface area contributed by atoms with Crippen LogP contribution in [0.3, 0.4) is 0 Å². The first-order chi connectivity index (χ1) is 12.5. The minimum absolute atomic E-state index is 0.0575. The molecular formula is C19H18IN3O3. The van der Waals surface area contributed by atoms with Gasteiger partial charge in [-0.25, -0.2) is 0 Å². The van der Waals surface area contributed by atoms with Crippen LogP contribution in [0.25, 0.3) is 0 Å². The van der Waals surface area contributed by atoms with E-state index in [0.717, 1.165) is 9.13 Å². The number of carbonyl (C=O) groups excluding carboxylic acids is 3. The van der Waals surface area contributed by atoms with Crippen molar-refractivity contribution in [3.05, 3.63) is 69.3 Å². The van der Waals surface area contributed by atoms with Gasteiger partial charge in [0.1, 0.15) is 0 Å². The molecule has 0 saturated carbocycles. The predicted octanol–water partition coefficient (Wildman–Crippen LogP) is 2.10. The van der Waals surface area contributed by atoms with Gasteiger partial charge in [0.25, 0.3) is 5.91 Å². The quantitative estimate of drug-likeness (QED) is 0.539. The number of likely N-dealkylation sites (tertiary alicyclic amines) is 1. The molecule has 3 amide bonds. The third-order valence-electron chi connectivity index (χ3n) is 4.22. The van der Waals surface area contributed by atoms with Crippen molar-refractivity contribution in [3.8, 4) is 0 Å². The maximum atomic E-state index is 12.3. The summed E-state index contributed by atoms with van der Waals surface area (Å²) in [7, 11) is 0. The van der Waals surface area contributed by atoms with Crippen molar-refractivity contribution in [2.75, 3.05) is 6.54 Å². The number of hydrogen-bond donors (Lipinski definition) is 2. The van der Waals surface area contributed by atoms with Gasteiger partial charge in [0.2, 0.25) is 11.8 Å². The highest BCUT2D eigenvalue weighted by Gasteiger charge is 2.34. The van der Waals surface area contributed by atoms with Gasteiger partial charge >= 0.3 is 0 Å². The molecule has 1 heterocycles. The molecule has 1 aliphatic rings. The average Bonchev–Trinajstić information content (AvgIpc) is 3.01. The Balaban J connectivity index is 1.53. The Labute approximate surface area is 165 Å². The van der Waals surface area contributed by atoms with E-state index >= 15 is 0 Å². The summed E-state index contributed by atoms with van der Waals surface area (Å²) in [4.78, 5) is 38.3. The second-order valence-electron chi connectivity index (χ2n) is 6.08. The number of amides is 3. The number of hydrazine groups is 1. The van der Waals surface area contributed by atoms with Crippen molar-refractivity contribution in [1.29, 1.82) is 0 Å². The summed E-state index contributed by atoms with van der Waals surface area (Å²) in [5.74, 6) is -1.26. The minimum Gasteiger partial charge on any atom is -0.338 e. The molecule has 0 radical (unpaired) electrons. The SMILES string of the molecule is O=C(NNC(=O)C1CC(=O)N(Cc2ccccc2)C1)c1ccccc1I. The number of carbonyl (C=O) groups is 3. The molecule has 6 nitrogen and oxygen atoms in total. The maximum Gasteiger partial charge on any atom is 0.270 e. The lowest BCUT2D eigenvalue weighted by atomic mass is 10.1. The standard InChI is InChI=1S/C19H18IN3O3/c20-16-9-5-4-8-15(16)19(26)22-21-18(25)14-10-17(24)23(12-14)11-13-6-2-1-3-7-13/h1-9,14H,10-12H2,(H,21,25)(H,22,26). The molecule has 0 aliphatic carbocycles. The Hall–Kier alpha value is -2.42. The Morgan fingerprint density at radius 3 is 2.46 bits per heavy atom. The van der Waals surface area contributed by atoms with Crippen LogP contribution in [0, 0.1) is 9.49 Å². The van der Waals surface area contributed by atoms with Crippen LogP contribution in [0.2, 0.25) is 0 Å². The average molecular weight is 463 g/mol. The van der Waals surface area contributed by atoms with E-state index in [0.29, 0.717) is 18.7 Å². The summed E-state index contributed by atoms with van der Waals surface area (Å²) in [5.41, 5.74) is 6.37. The van der Waals surface area contributed by atoms with Crippen molar-refractivity contribution < 1.29 is 14.4 Å². The molecular weight excluding hydrogens is 445 g/mol. The van der Waals surface area contributed by atoms with E-state index < -0.39 is 5.92 Å². The van der Waals surface area contributed by atoms with E-state index in [9.17, 15) is 14.4 Å². The van der Waals surface area contributed by atoms with Crippen LogP contribution < -0.4 is 10.9 Å². The number of hydrogen-bond acceptors (Lipinski definition) is 3. The Morgan fingerprint density at radius 2 is 1.73 bits per heavy atom. The first-order valence-electron chi connectivity index (χ1n) is 8.21. The van der Waals surface area contributed by atoms with Gasteiger partial charge in [0.15, 0.2) is 0 Å². The van der Waals surface area contributed by atoms with Crippen LogP contribution in [0.4, 0.5) is 0 Å². The second-order valence-corrected chi connectivity index (χ2v) is 7.25. The fourth-order valence-corrected chi connectivity index (χ4v) is 3.47. The van der Waals surface area contributed by atoms with Crippen molar-refractivity contribution in [1.82, 2.24) is 15.8 Å². The van der Waals surface area contributed by atoms with Crippen molar-refractivity contribution in [3.63, 3.8) is 0 Å². The zero-order chi connectivity index (χ0) is 18.5. The highest BCUT2D eigenvalue weighted by atomic mass is 127. The van der Waals surface area contributed by atoms with Gasteiger partial charge in [0.05, 0.1) is 11.5 Å². The van der Waals surface area contributed by atoms with Gasteiger partial charge in [0, 0.05) is 23.1 Å². The van der Waals surface area contributed by atoms with Crippen molar-refractivity contribution in [2.45, 2.75) is 13.0 Å². The minimum atomic E-state index is -0.471. The Bertz CT molecular complexity index is 826. The summed E-state index contributed by atoms with van der Waals surface area (Å²) in [5, 5.41) is 0. The van der Waals surface area contributed by atoms with Gasteiger partial charge in [-0.3, -0.25) is 25.2 Å². The highest BCUT2D eigenvalue weighted by Crippen LogP contribution is 2.20. The fraction of sp³-hybridized carbons (Fsp3) is 0.211. The van der Waals surface area contributed by atoms with Crippen molar-refractivity contribution >= 4 is 40.3 Å². The molecule has 0 aromatic heterocycles. The molecule has 0 spiro atoms. The van der Waals surface area contributed by atoms with Crippen LogP contribution in [-0.4, -0.2) is 29.2 Å². The molecule has 1 atom stereocenters. The molecule has 1 fully saturated rings. The third kappa shape index (κ3) is 4.40. The highest BCUT2D eigenvalue weighted by molar-refractivity contribution is 14.1. The van der Waals surface area contributed by atoms with Gasteiger partial charge < -0.3 is 4.90 Å². The van der Waals surface area contributed by atoms with E-state index in [1.54, 1.807) is 17.0 Å². The van der Waals surface area contributed by atoms with Crippen LogP contribution in [0.15, 0.2) is 54.6 Å². The Kier molecular flexibility index (Phi) is 5.87. The zero-order valence-corrected chi connectivity index (χ0v) is 16.1. The van der Waals surface area contributed by atoms with E-state index in [-0.39, 0.29) is 24.1 Å². The lowest BCUT2D eigenvalue weighted by molar-refractivity contribution is -0.129. The van der Waals surface area contributed by atoms with Gasteiger partial charge in [-0.2, -0.15) is 0 Å². The number of nitrogens with one attached hydrogen (secondary N) is 2. The lowest BCUT2D eigenvalue weighted by Gasteiger charge is -2.17. The summed E-state index contributed by atoms with van der Waals surface area (Å²) >= 11 is 2.06. The molecule has 2 aromatic carbocycles. The summed E-state index contributed by atoms with van der Waals surface area (Å²) in [6.45, 7) is 0.830. The van der Waals surface area contributed by atoms with E-state index in [4.69, 9.17) is 0 Å². The lowest BCUT2D eigenvalue weighted by Crippen LogP contribution is -2.45. The summed E-state index contributed by atoms with van der Waals surface area (Å²) in [6.07, 6.45) is 0.150.